The number of nitrogens with zero attached hydrogens (tertiary/aromatic N) is 3. The first kappa shape index (κ1) is 18.0. The summed E-state index contributed by atoms with van der Waals surface area (Å²) in [6, 6.07) is 0. The first-order valence-electron chi connectivity index (χ1n) is 7.42. The Bertz CT molecular complexity index is 438. The van der Waals surface area contributed by atoms with Crippen molar-refractivity contribution in [2.75, 3.05) is 18.9 Å². The van der Waals surface area contributed by atoms with Crippen molar-refractivity contribution in [3.05, 3.63) is 6.33 Å². The van der Waals surface area contributed by atoms with E-state index in [1.54, 1.807) is 18.1 Å². The van der Waals surface area contributed by atoms with Crippen LogP contribution in [0.15, 0.2) is 11.5 Å². The molecule has 120 valence electrons. The molecular formula is C14H26N4O2S. The standard InChI is InChI=1S/C14H26N4O2S/c1-5-9-15-14(3,12(19)20-6-2)8-7-10-21-13-17-16-11-18(13)4/h11,15H,5-10H2,1-4H3. The lowest BCUT2D eigenvalue weighted by Crippen LogP contribution is -2.50. The van der Waals surface area contributed by atoms with Crippen LogP contribution in [0.25, 0.3) is 0 Å². The molecule has 1 unspecified atom stereocenters. The molecule has 1 heterocycles. The van der Waals surface area contributed by atoms with Crippen LogP contribution in [0.1, 0.15) is 40.0 Å². The van der Waals surface area contributed by atoms with E-state index in [1.165, 1.54) is 0 Å². The number of hydrogen-bond acceptors (Lipinski definition) is 6. The summed E-state index contributed by atoms with van der Waals surface area (Å²) in [6.45, 7) is 7.07. The first-order chi connectivity index (χ1) is 10.0. The molecular weight excluding hydrogens is 288 g/mol. The van der Waals surface area contributed by atoms with E-state index in [1.807, 2.05) is 25.5 Å². The maximum absolute atomic E-state index is 12.1. The third-order valence-corrected chi connectivity index (χ3v) is 4.33. The lowest BCUT2D eigenvalue weighted by molar-refractivity contribution is -0.150. The molecule has 0 aliphatic heterocycles. The number of hydrogen-bond donors (Lipinski definition) is 1. The van der Waals surface area contributed by atoms with Gasteiger partial charge in [0.25, 0.3) is 0 Å². The van der Waals surface area contributed by atoms with E-state index in [4.69, 9.17) is 4.74 Å². The molecule has 1 rings (SSSR count). The van der Waals surface area contributed by atoms with Gasteiger partial charge in [-0.2, -0.15) is 0 Å². The zero-order valence-electron chi connectivity index (χ0n) is 13.4. The molecule has 1 aromatic rings. The molecule has 0 amide bonds. The van der Waals surface area contributed by atoms with Crippen molar-refractivity contribution in [3.8, 4) is 0 Å². The van der Waals surface area contributed by atoms with Gasteiger partial charge in [0.1, 0.15) is 11.9 Å². The third kappa shape index (κ3) is 5.67. The second-order valence-electron chi connectivity index (χ2n) is 5.16. The number of aryl methyl sites for hydroxylation is 1. The summed E-state index contributed by atoms with van der Waals surface area (Å²) >= 11 is 1.65. The molecule has 21 heavy (non-hydrogen) atoms. The number of aromatic nitrogens is 3. The topological polar surface area (TPSA) is 69.0 Å². The summed E-state index contributed by atoms with van der Waals surface area (Å²) in [5.41, 5.74) is -0.605. The fourth-order valence-corrected chi connectivity index (χ4v) is 2.77. The van der Waals surface area contributed by atoms with Gasteiger partial charge in [-0.3, -0.25) is 4.79 Å². The van der Waals surface area contributed by atoms with Gasteiger partial charge in [-0.15, -0.1) is 10.2 Å². The molecule has 1 atom stereocenters. The fraction of sp³-hybridized carbons (Fsp3) is 0.786. The lowest BCUT2D eigenvalue weighted by Gasteiger charge is -2.28. The third-order valence-electron chi connectivity index (χ3n) is 3.21. The molecule has 6 nitrogen and oxygen atoms in total. The predicted octanol–water partition coefficient (Wildman–Crippen LogP) is 2.01. The molecule has 0 spiro atoms. The van der Waals surface area contributed by atoms with Gasteiger partial charge in [-0.25, -0.2) is 0 Å². The Labute approximate surface area is 131 Å². The maximum atomic E-state index is 12.1. The van der Waals surface area contributed by atoms with E-state index >= 15 is 0 Å². The van der Waals surface area contributed by atoms with Gasteiger partial charge in [0.15, 0.2) is 5.16 Å². The van der Waals surface area contributed by atoms with Crippen molar-refractivity contribution >= 4 is 17.7 Å². The SMILES string of the molecule is CCCNC(C)(CCCSc1nncn1C)C(=O)OCC. The van der Waals surface area contributed by atoms with Crippen molar-refractivity contribution in [2.24, 2.45) is 7.05 Å². The van der Waals surface area contributed by atoms with Crippen LogP contribution in [0.4, 0.5) is 0 Å². The zero-order chi connectivity index (χ0) is 15.7. The quantitative estimate of drug-likeness (QED) is 0.405. The largest absolute Gasteiger partial charge is 0.465 e. The normalized spacial score (nSPS) is 13.9. The number of carbonyl (C=O) groups excluding carboxylic acids is 1. The molecule has 0 radical (unpaired) electrons. The van der Waals surface area contributed by atoms with Gasteiger partial charge < -0.3 is 14.6 Å². The Morgan fingerprint density at radius 3 is 2.86 bits per heavy atom. The molecule has 0 aliphatic rings. The van der Waals surface area contributed by atoms with Crippen molar-refractivity contribution in [1.29, 1.82) is 0 Å². The van der Waals surface area contributed by atoms with Crippen LogP contribution in [-0.2, 0) is 16.6 Å². The van der Waals surface area contributed by atoms with Crippen LogP contribution in [0.3, 0.4) is 0 Å². The van der Waals surface area contributed by atoms with Crippen LogP contribution in [0.2, 0.25) is 0 Å². The summed E-state index contributed by atoms with van der Waals surface area (Å²) < 4.78 is 7.08. The van der Waals surface area contributed by atoms with Crippen LogP contribution in [-0.4, -0.2) is 45.2 Å². The monoisotopic (exact) mass is 314 g/mol. The molecule has 0 aliphatic carbocycles. The molecule has 0 saturated carbocycles. The molecule has 0 aromatic carbocycles. The van der Waals surface area contributed by atoms with E-state index < -0.39 is 5.54 Å². The van der Waals surface area contributed by atoms with E-state index in [2.05, 4.69) is 22.4 Å². The maximum Gasteiger partial charge on any atom is 0.326 e. The van der Waals surface area contributed by atoms with Gasteiger partial charge >= 0.3 is 5.97 Å². The fourth-order valence-electron chi connectivity index (χ4n) is 1.95. The average Bonchev–Trinajstić information content (AvgIpc) is 2.87. The first-order valence-corrected chi connectivity index (χ1v) is 8.41. The number of ether oxygens (including phenoxy) is 1. The van der Waals surface area contributed by atoms with E-state index in [9.17, 15) is 4.79 Å². The minimum absolute atomic E-state index is 0.165. The number of nitrogens with one attached hydrogen (secondary N) is 1. The van der Waals surface area contributed by atoms with Gasteiger partial charge in [0.05, 0.1) is 6.61 Å². The van der Waals surface area contributed by atoms with E-state index in [0.717, 1.165) is 36.7 Å². The van der Waals surface area contributed by atoms with Crippen molar-refractivity contribution in [2.45, 2.75) is 50.7 Å². The number of esters is 1. The molecule has 0 saturated heterocycles. The minimum Gasteiger partial charge on any atom is -0.465 e. The molecule has 1 aromatic heterocycles. The second-order valence-corrected chi connectivity index (χ2v) is 6.22. The van der Waals surface area contributed by atoms with Crippen LogP contribution in [0.5, 0.6) is 0 Å². The van der Waals surface area contributed by atoms with Crippen LogP contribution >= 0.6 is 11.8 Å². The number of rotatable bonds is 10. The van der Waals surface area contributed by atoms with Gasteiger partial charge in [-0.1, -0.05) is 18.7 Å². The van der Waals surface area contributed by atoms with Gasteiger partial charge in [0, 0.05) is 12.8 Å². The highest BCUT2D eigenvalue weighted by Gasteiger charge is 2.33. The summed E-state index contributed by atoms with van der Waals surface area (Å²) in [6.07, 6.45) is 4.33. The Morgan fingerprint density at radius 2 is 2.29 bits per heavy atom. The molecule has 0 bridgehead atoms. The van der Waals surface area contributed by atoms with E-state index in [-0.39, 0.29) is 5.97 Å². The highest BCUT2D eigenvalue weighted by Crippen LogP contribution is 2.20. The molecule has 7 heteroatoms. The summed E-state index contributed by atoms with van der Waals surface area (Å²) in [5.74, 6) is 0.733. The summed E-state index contributed by atoms with van der Waals surface area (Å²) in [5, 5.41) is 12.1. The lowest BCUT2D eigenvalue weighted by atomic mass is 9.96. The van der Waals surface area contributed by atoms with Gasteiger partial charge in [-0.05, 0) is 39.7 Å². The van der Waals surface area contributed by atoms with E-state index in [0.29, 0.717) is 6.61 Å². The smallest absolute Gasteiger partial charge is 0.326 e. The number of carbonyl (C=O) groups is 1. The second kappa shape index (κ2) is 9.04. The van der Waals surface area contributed by atoms with Crippen molar-refractivity contribution < 1.29 is 9.53 Å². The number of thioether (sulfide) groups is 1. The average molecular weight is 314 g/mol. The Balaban J connectivity index is 2.45. The van der Waals surface area contributed by atoms with Gasteiger partial charge in [0.2, 0.25) is 0 Å². The predicted molar refractivity (Wildman–Crippen MR) is 84.3 cm³/mol. The van der Waals surface area contributed by atoms with Crippen LogP contribution in [0, 0.1) is 0 Å². The Hall–Kier alpha value is -1.08. The highest BCUT2D eigenvalue weighted by atomic mass is 32.2. The van der Waals surface area contributed by atoms with Crippen molar-refractivity contribution in [1.82, 2.24) is 20.1 Å². The van der Waals surface area contributed by atoms with Crippen LogP contribution < -0.4 is 5.32 Å². The molecule has 0 fully saturated rings. The zero-order valence-corrected chi connectivity index (χ0v) is 14.2. The minimum atomic E-state index is -0.605. The van der Waals surface area contributed by atoms with Crippen molar-refractivity contribution in [3.63, 3.8) is 0 Å². The summed E-state index contributed by atoms with van der Waals surface area (Å²) in [4.78, 5) is 12.1. The summed E-state index contributed by atoms with van der Waals surface area (Å²) in [7, 11) is 1.92. The Morgan fingerprint density at radius 1 is 1.52 bits per heavy atom. The molecule has 1 N–H and O–H groups in total. The highest BCUT2D eigenvalue weighted by molar-refractivity contribution is 7.99. The Kier molecular flexibility index (Phi) is 7.74.